The molecule has 7 nitrogen and oxygen atoms in total. The normalized spacial score (nSPS) is 14.7. The zero-order chi connectivity index (χ0) is 20.1. The smallest absolute Gasteiger partial charge is 0.248 e. The molecule has 29 heavy (non-hydrogen) atoms. The molecule has 1 N–H and O–H groups in total. The highest BCUT2D eigenvalue weighted by atomic mass is 35.5. The van der Waals surface area contributed by atoms with E-state index in [1.807, 2.05) is 12.1 Å². The maximum atomic E-state index is 12.2. The second kappa shape index (κ2) is 9.15. The van der Waals surface area contributed by atoms with E-state index in [4.69, 9.17) is 11.6 Å². The summed E-state index contributed by atoms with van der Waals surface area (Å²) in [5.41, 5.74) is 2.80. The van der Waals surface area contributed by atoms with Crippen molar-refractivity contribution in [3.8, 4) is 11.4 Å². The van der Waals surface area contributed by atoms with Gasteiger partial charge in [0.05, 0.1) is 0 Å². The van der Waals surface area contributed by atoms with Crippen molar-refractivity contribution in [2.24, 2.45) is 0 Å². The number of aromatic nitrogens is 4. The lowest BCUT2D eigenvalue weighted by Crippen LogP contribution is -2.28. The number of hydrogen-bond acceptors (Lipinski definition) is 5. The number of benzene rings is 2. The van der Waals surface area contributed by atoms with Crippen LogP contribution in [0.2, 0.25) is 5.02 Å². The lowest BCUT2D eigenvalue weighted by molar-refractivity contribution is -0.117. The Balaban J connectivity index is 1.35. The molecule has 4 rings (SSSR count). The number of likely N-dealkylation sites (tertiary alicyclic amines) is 1. The summed E-state index contributed by atoms with van der Waals surface area (Å²) >= 11 is 5.93. The molecule has 1 saturated heterocycles. The summed E-state index contributed by atoms with van der Waals surface area (Å²) in [7, 11) is 0. The predicted molar refractivity (Wildman–Crippen MR) is 112 cm³/mol. The maximum absolute atomic E-state index is 12.2. The van der Waals surface area contributed by atoms with Crippen molar-refractivity contribution < 1.29 is 4.79 Å². The first-order valence-corrected chi connectivity index (χ1v) is 10.2. The topological polar surface area (TPSA) is 75.9 Å². The van der Waals surface area contributed by atoms with Crippen LogP contribution >= 0.6 is 11.6 Å². The van der Waals surface area contributed by atoms with Crippen LogP contribution in [0.3, 0.4) is 0 Å². The summed E-state index contributed by atoms with van der Waals surface area (Å²) in [6.07, 6.45) is 3.92. The summed E-state index contributed by atoms with van der Waals surface area (Å²) in [6.45, 7) is 3.31. The Kier molecular flexibility index (Phi) is 6.17. The molecular weight excluding hydrogens is 388 g/mol. The number of nitrogens with one attached hydrogen (secondary N) is 1. The number of halogens is 1. The minimum Gasteiger partial charge on any atom is -0.324 e. The number of anilines is 1. The molecule has 0 saturated carbocycles. The molecule has 2 heterocycles. The molecule has 0 atom stereocenters. The van der Waals surface area contributed by atoms with Gasteiger partial charge in [-0.3, -0.25) is 9.69 Å². The van der Waals surface area contributed by atoms with Crippen LogP contribution < -0.4 is 5.32 Å². The van der Waals surface area contributed by atoms with Crippen LogP contribution in [0, 0.1) is 0 Å². The molecule has 0 aliphatic carbocycles. The van der Waals surface area contributed by atoms with E-state index < -0.39 is 0 Å². The van der Waals surface area contributed by atoms with Crippen molar-refractivity contribution in [3.05, 3.63) is 59.1 Å². The highest BCUT2D eigenvalue weighted by Crippen LogP contribution is 2.18. The van der Waals surface area contributed by atoms with Crippen molar-refractivity contribution in [2.45, 2.75) is 32.4 Å². The van der Waals surface area contributed by atoms with Crippen LogP contribution in [0.15, 0.2) is 48.5 Å². The van der Waals surface area contributed by atoms with Crippen LogP contribution in [-0.2, 0) is 17.9 Å². The average Bonchev–Trinajstić information content (AvgIpc) is 3.17. The van der Waals surface area contributed by atoms with E-state index in [1.54, 1.807) is 24.3 Å². The summed E-state index contributed by atoms with van der Waals surface area (Å²) in [5.74, 6) is 0.262. The van der Waals surface area contributed by atoms with Crippen molar-refractivity contribution in [1.82, 2.24) is 25.1 Å². The van der Waals surface area contributed by atoms with E-state index >= 15 is 0 Å². The second-order valence-corrected chi connectivity index (χ2v) is 7.67. The van der Waals surface area contributed by atoms with Gasteiger partial charge in [-0.05, 0) is 54.9 Å². The van der Waals surface area contributed by atoms with Gasteiger partial charge in [0, 0.05) is 22.8 Å². The van der Waals surface area contributed by atoms with Gasteiger partial charge in [-0.25, -0.2) is 0 Å². The molecule has 8 heteroatoms. The first kappa shape index (κ1) is 19.5. The number of carbonyl (C=O) groups is 1. The summed E-state index contributed by atoms with van der Waals surface area (Å²) in [4.78, 5) is 16.0. The van der Waals surface area contributed by atoms with Gasteiger partial charge < -0.3 is 5.32 Å². The van der Waals surface area contributed by atoms with Gasteiger partial charge in [0.15, 0.2) is 0 Å². The molecule has 1 aliphatic rings. The van der Waals surface area contributed by atoms with Gasteiger partial charge in [0.2, 0.25) is 11.7 Å². The minimum absolute atomic E-state index is 0.0213. The molecule has 0 radical (unpaired) electrons. The van der Waals surface area contributed by atoms with Crippen molar-refractivity contribution in [2.75, 3.05) is 18.4 Å². The molecule has 1 aliphatic heterocycles. The third-order valence-corrected chi connectivity index (χ3v) is 5.15. The standard InChI is InChI=1S/C21H23ClN6O/c22-18-5-4-6-19(13-18)23-20(29)15-28-25-21(24-26-28)17-9-7-16(8-10-17)14-27-11-2-1-3-12-27/h4-10,13H,1-3,11-12,14-15H2,(H,23,29). The Morgan fingerprint density at radius 3 is 2.62 bits per heavy atom. The van der Waals surface area contributed by atoms with Crippen LogP contribution in [0.4, 0.5) is 5.69 Å². The number of nitrogens with zero attached hydrogens (tertiary/aromatic N) is 5. The van der Waals surface area contributed by atoms with Gasteiger partial charge in [-0.2, -0.15) is 4.80 Å². The Hall–Kier alpha value is -2.77. The van der Waals surface area contributed by atoms with Gasteiger partial charge in [-0.15, -0.1) is 10.2 Å². The predicted octanol–water partition coefficient (Wildman–Crippen LogP) is 3.62. The summed E-state index contributed by atoms with van der Waals surface area (Å²) in [6, 6.07) is 15.2. The number of carbonyl (C=O) groups excluding carboxylic acids is 1. The van der Waals surface area contributed by atoms with Crippen molar-refractivity contribution in [1.29, 1.82) is 0 Å². The highest BCUT2D eigenvalue weighted by molar-refractivity contribution is 6.30. The van der Waals surface area contributed by atoms with Crippen molar-refractivity contribution >= 4 is 23.2 Å². The number of tetrazole rings is 1. The lowest BCUT2D eigenvalue weighted by Gasteiger charge is -2.26. The molecule has 0 unspecified atom stereocenters. The van der Waals surface area contributed by atoms with Gasteiger partial charge in [0.25, 0.3) is 0 Å². The molecular formula is C21H23ClN6O. The minimum atomic E-state index is -0.243. The molecule has 1 fully saturated rings. The third-order valence-electron chi connectivity index (χ3n) is 4.91. The number of piperidine rings is 1. The van der Waals surface area contributed by atoms with E-state index in [0.29, 0.717) is 16.5 Å². The van der Waals surface area contributed by atoms with Crippen molar-refractivity contribution in [3.63, 3.8) is 0 Å². The Labute approximate surface area is 174 Å². The average molecular weight is 411 g/mol. The van der Waals surface area contributed by atoms with E-state index in [2.05, 4.69) is 37.8 Å². The molecule has 150 valence electrons. The van der Waals surface area contributed by atoms with Crippen LogP contribution in [0.25, 0.3) is 11.4 Å². The van der Waals surface area contributed by atoms with E-state index in [-0.39, 0.29) is 12.5 Å². The SMILES string of the molecule is O=C(Cn1nnc(-c2ccc(CN3CCCCC3)cc2)n1)Nc1cccc(Cl)c1. The number of hydrogen-bond donors (Lipinski definition) is 1. The zero-order valence-electron chi connectivity index (χ0n) is 16.1. The Bertz CT molecular complexity index is 965. The fraction of sp³-hybridized carbons (Fsp3) is 0.333. The second-order valence-electron chi connectivity index (χ2n) is 7.24. The lowest BCUT2D eigenvalue weighted by atomic mass is 10.1. The molecule has 0 spiro atoms. The van der Waals surface area contributed by atoms with E-state index in [9.17, 15) is 4.79 Å². The molecule has 0 bridgehead atoms. The summed E-state index contributed by atoms with van der Waals surface area (Å²) < 4.78 is 0. The molecule has 1 amide bonds. The van der Waals surface area contributed by atoms with E-state index in [1.165, 1.54) is 42.7 Å². The van der Waals surface area contributed by atoms with Crippen LogP contribution in [-0.4, -0.2) is 44.1 Å². The number of rotatable bonds is 6. The zero-order valence-corrected chi connectivity index (χ0v) is 16.8. The van der Waals surface area contributed by atoms with Crippen LogP contribution in [0.1, 0.15) is 24.8 Å². The van der Waals surface area contributed by atoms with Gasteiger partial charge >= 0.3 is 0 Å². The quantitative estimate of drug-likeness (QED) is 0.671. The first-order valence-electron chi connectivity index (χ1n) is 9.81. The molecule has 1 aromatic heterocycles. The maximum Gasteiger partial charge on any atom is 0.248 e. The van der Waals surface area contributed by atoms with Gasteiger partial charge in [0.1, 0.15) is 6.54 Å². The van der Waals surface area contributed by atoms with Crippen LogP contribution in [0.5, 0.6) is 0 Å². The Morgan fingerprint density at radius 2 is 1.86 bits per heavy atom. The fourth-order valence-corrected chi connectivity index (χ4v) is 3.65. The largest absolute Gasteiger partial charge is 0.324 e. The third kappa shape index (κ3) is 5.40. The Morgan fingerprint density at radius 1 is 1.07 bits per heavy atom. The number of amides is 1. The van der Waals surface area contributed by atoms with E-state index in [0.717, 1.165) is 12.1 Å². The summed E-state index contributed by atoms with van der Waals surface area (Å²) in [5, 5.41) is 15.7. The van der Waals surface area contributed by atoms with Gasteiger partial charge in [-0.1, -0.05) is 48.4 Å². The fourth-order valence-electron chi connectivity index (χ4n) is 3.46. The molecule has 3 aromatic rings. The first-order chi connectivity index (χ1) is 14.2. The monoisotopic (exact) mass is 410 g/mol. The molecule has 2 aromatic carbocycles. The highest BCUT2D eigenvalue weighted by Gasteiger charge is 2.12.